The molecule has 102 valence electrons. The number of nitrogen functional groups attached to an aromatic ring is 1. The van der Waals surface area contributed by atoms with Gasteiger partial charge in [0.1, 0.15) is 6.61 Å². The van der Waals surface area contributed by atoms with Crippen LogP contribution in [0, 0.1) is 0 Å². The molecule has 0 bridgehead atoms. The van der Waals surface area contributed by atoms with Crippen molar-refractivity contribution in [3.05, 3.63) is 12.0 Å². The monoisotopic (exact) mass is 264 g/mol. The molecule has 0 amide bonds. The number of hydrazine groups is 1. The van der Waals surface area contributed by atoms with E-state index in [1.807, 2.05) is 7.05 Å². The van der Waals surface area contributed by atoms with Crippen molar-refractivity contribution in [3.63, 3.8) is 0 Å². The van der Waals surface area contributed by atoms with Gasteiger partial charge in [0.05, 0.1) is 24.3 Å². The third-order valence-corrected chi connectivity index (χ3v) is 3.11. The Hall–Kier alpha value is -1.77. The molecule has 0 aromatic carbocycles. The molecule has 1 aliphatic rings. The Morgan fingerprint density at radius 2 is 2.47 bits per heavy atom. The molecule has 3 rings (SSSR count). The van der Waals surface area contributed by atoms with Gasteiger partial charge in [0.2, 0.25) is 0 Å². The predicted molar refractivity (Wildman–Crippen MR) is 68.1 cm³/mol. The molecule has 0 saturated carbocycles. The number of nitrogens with two attached hydrogens (primary N) is 1. The van der Waals surface area contributed by atoms with Crippen LogP contribution in [-0.4, -0.2) is 39.1 Å². The van der Waals surface area contributed by atoms with Crippen molar-refractivity contribution in [1.29, 1.82) is 0 Å². The van der Waals surface area contributed by atoms with Gasteiger partial charge in [-0.1, -0.05) is 0 Å². The standard InChI is InChI=1S/C11H16N6O2/c1-17-11-8(4-13-17)10(16-12)14-9(15-11)6-19-7-2-3-18-5-7/h4,7H,2-3,5-6,12H2,1H3,(H,14,15,16). The van der Waals surface area contributed by atoms with Gasteiger partial charge in [-0.25, -0.2) is 15.8 Å². The third kappa shape index (κ3) is 2.37. The smallest absolute Gasteiger partial charge is 0.163 e. The van der Waals surface area contributed by atoms with Gasteiger partial charge in [-0.05, 0) is 6.42 Å². The van der Waals surface area contributed by atoms with E-state index in [4.69, 9.17) is 15.3 Å². The van der Waals surface area contributed by atoms with E-state index < -0.39 is 0 Å². The minimum absolute atomic E-state index is 0.125. The number of rotatable bonds is 4. The molecule has 3 N–H and O–H groups in total. The Kier molecular flexibility index (Phi) is 3.28. The highest BCUT2D eigenvalue weighted by Gasteiger charge is 2.17. The van der Waals surface area contributed by atoms with E-state index >= 15 is 0 Å². The molecular formula is C11H16N6O2. The van der Waals surface area contributed by atoms with Crippen LogP contribution in [0.3, 0.4) is 0 Å². The van der Waals surface area contributed by atoms with E-state index in [2.05, 4.69) is 20.5 Å². The number of anilines is 1. The first kappa shape index (κ1) is 12.3. The number of hydrogen-bond acceptors (Lipinski definition) is 7. The Balaban J connectivity index is 1.84. The lowest BCUT2D eigenvalue weighted by Crippen LogP contribution is -2.15. The molecule has 0 radical (unpaired) electrons. The largest absolute Gasteiger partial charge is 0.379 e. The number of nitrogens with zero attached hydrogens (tertiary/aromatic N) is 4. The molecule has 1 saturated heterocycles. The van der Waals surface area contributed by atoms with Gasteiger partial charge < -0.3 is 14.9 Å². The molecule has 2 aromatic heterocycles. The molecular weight excluding hydrogens is 248 g/mol. The first-order valence-electron chi connectivity index (χ1n) is 6.12. The van der Waals surface area contributed by atoms with Crippen molar-refractivity contribution in [1.82, 2.24) is 19.7 Å². The molecule has 1 fully saturated rings. The molecule has 1 atom stereocenters. The summed E-state index contributed by atoms with van der Waals surface area (Å²) < 4.78 is 12.6. The zero-order valence-corrected chi connectivity index (χ0v) is 10.7. The summed E-state index contributed by atoms with van der Waals surface area (Å²) in [5, 5.41) is 4.93. The van der Waals surface area contributed by atoms with Gasteiger partial charge in [-0.3, -0.25) is 4.68 Å². The number of aryl methyl sites for hydroxylation is 1. The van der Waals surface area contributed by atoms with E-state index in [9.17, 15) is 0 Å². The van der Waals surface area contributed by atoms with E-state index in [-0.39, 0.29) is 6.10 Å². The van der Waals surface area contributed by atoms with E-state index in [0.29, 0.717) is 24.9 Å². The number of fused-ring (bicyclic) bond motifs is 1. The van der Waals surface area contributed by atoms with Crippen LogP contribution in [0.4, 0.5) is 5.82 Å². The highest BCUT2D eigenvalue weighted by molar-refractivity contribution is 5.86. The zero-order valence-electron chi connectivity index (χ0n) is 10.7. The normalized spacial score (nSPS) is 19.2. The quantitative estimate of drug-likeness (QED) is 0.590. The molecule has 3 heterocycles. The maximum atomic E-state index is 5.71. The summed E-state index contributed by atoms with van der Waals surface area (Å²) in [6.07, 6.45) is 2.72. The molecule has 8 heteroatoms. The van der Waals surface area contributed by atoms with Crippen LogP contribution in [0.25, 0.3) is 11.0 Å². The minimum Gasteiger partial charge on any atom is -0.379 e. The summed E-state index contributed by atoms with van der Waals surface area (Å²) in [6, 6.07) is 0. The Bertz CT molecular complexity index is 578. The highest BCUT2D eigenvalue weighted by Crippen LogP contribution is 2.19. The van der Waals surface area contributed by atoms with Crippen LogP contribution in [0.15, 0.2) is 6.20 Å². The number of ether oxygens (including phenoxy) is 2. The van der Waals surface area contributed by atoms with Gasteiger partial charge in [-0.2, -0.15) is 5.10 Å². The lowest BCUT2D eigenvalue weighted by molar-refractivity contribution is 0.0285. The van der Waals surface area contributed by atoms with Crippen LogP contribution in [0.2, 0.25) is 0 Å². The fourth-order valence-corrected chi connectivity index (χ4v) is 2.08. The van der Waals surface area contributed by atoms with Crippen LogP contribution < -0.4 is 11.3 Å². The van der Waals surface area contributed by atoms with Gasteiger partial charge in [-0.15, -0.1) is 0 Å². The summed E-state index contributed by atoms with van der Waals surface area (Å²) >= 11 is 0. The van der Waals surface area contributed by atoms with Crippen LogP contribution in [0.1, 0.15) is 12.2 Å². The Morgan fingerprint density at radius 1 is 1.58 bits per heavy atom. The maximum Gasteiger partial charge on any atom is 0.163 e. The topological polar surface area (TPSA) is 100 Å². The van der Waals surface area contributed by atoms with Crippen molar-refractivity contribution in [3.8, 4) is 0 Å². The molecule has 0 spiro atoms. The highest BCUT2D eigenvalue weighted by atomic mass is 16.5. The Morgan fingerprint density at radius 3 is 3.21 bits per heavy atom. The number of hydrogen-bond donors (Lipinski definition) is 2. The van der Waals surface area contributed by atoms with Crippen LogP contribution in [-0.2, 0) is 23.1 Å². The summed E-state index contributed by atoms with van der Waals surface area (Å²) in [6.45, 7) is 1.72. The third-order valence-electron chi connectivity index (χ3n) is 3.11. The van der Waals surface area contributed by atoms with Crippen molar-refractivity contribution in [2.45, 2.75) is 19.1 Å². The molecule has 1 aliphatic heterocycles. The number of aromatic nitrogens is 4. The van der Waals surface area contributed by atoms with Crippen molar-refractivity contribution in [2.75, 3.05) is 18.6 Å². The average Bonchev–Trinajstić information content (AvgIpc) is 3.06. The zero-order chi connectivity index (χ0) is 13.2. The fourth-order valence-electron chi connectivity index (χ4n) is 2.08. The van der Waals surface area contributed by atoms with Crippen molar-refractivity contribution < 1.29 is 9.47 Å². The fraction of sp³-hybridized carbons (Fsp3) is 0.545. The van der Waals surface area contributed by atoms with Crippen molar-refractivity contribution in [2.24, 2.45) is 12.9 Å². The summed E-state index contributed by atoms with van der Waals surface area (Å²) in [5.74, 6) is 6.61. The number of nitrogens with one attached hydrogen (secondary N) is 1. The SMILES string of the molecule is Cn1ncc2c(NN)nc(COC3CCOC3)nc21. The van der Waals surface area contributed by atoms with Gasteiger partial charge in [0.15, 0.2) is 17.3 Å². The molecule has 19 heavy (non-hydrogen) atoms. The summed E-state index contributed by atoms with van der Waals surface area (Å²) in [7, 11) is 1.82. The Labute approximate surface area is 109 Å². The first-order chi connectivity index (χ1) is 9.28. The maximum absolute atomic E-state index is 5.71. The second-order valence-electron chi connectivity index (χ2n) is 4.43. The van der Waals surface area contributed by atoms with Crippen LogP contribution in [0.5, 0.6) is 0 Å². The van der Waals surface area contributed by atoms with Crippen LogP contribution >= 0.6 is 0 Å². The molecule has 8 nitrogen and oxygen atoms in total. The average molecular weight is 264 g/mol. The lowest BCUT2D eigenvalue weighted by atomic mass is 10.3. The molecule has 1 unspecified atom stereocenters. The lowest BCUT2D eigenvalue weighted by Gasteiger charge is -2.10. The van der Waals surface area contributed by atoms with Gasteiger partial charge in [0, 0.05) is 13.7 Å². The predicted octanol–water partition coefficient (Wildman–Crippen LogP) is -0.0456. The van der Waals surface area contributed by atoms with E-state index in [0.717, 1.165) is 24.1 Å². The molecule has 2 aromatic rings. The van der Waals surface area contributed by atoms with Crippen molar-refractivity contribution >= 4 is 16.9 Å². The minimum atomic E-state index is 0.125. The van der Waals surface area contributed by atoms with Gasteiger partial charge >= 0.3 is 0 Å². The van der Waals surface area contributed by atoms with E-state index in [1.165, 1.54) is 0 Å². The van der Waals surface area contributed by atoms with E-state index in [1.54, 1.807) is 10.9 Å². The second kappa shape index (κ2) is 5.08. The molecule has 0 aliphatic carbocycles. The first-order valence-corrected chi connectivity index (χ1v) is 6.12. The summed E-state index contributed by atoms with van der Waals surface area (Å²) in [4.78, 5) is 8.76. The second-order valence-corrected chi connectivity index (χ2v) is 4.43. The summed E-state index contributed by atoms with van der Waals surface area (Å²) in [5.41, 5.74) is 3.29. The van der Waals surface area contributed by atoms with Gasteiger partial charge in [0.25, 0.3) is 0 Å².